The predicted molar refractivity (Wildman–Crippen MR) is 104 cm³/mol. The molecule has 9 heteroatoms. The number of hydrogen-bond acceptors (Lipinski definition) is 1. The third kappa shape index (κ3) is 6.35. The van der Waals surface area contributed by atoms with E-state index in [0.29, 0.717) is 20.1 Å². The molecule has 28 heavy (non-hydrogen) atoms. The fourth-order valence-corrected chi connectivity index (χ4v) is 3.64. The van der Waals surface area contributed by atoms with Gasteiger partial charge in [0.15, 0.2) is 0 Å². The van der Waals surface area contributed by atoms with Gasteiger partial charge in [0.05, 0.1) is 17.7 Å². The average molecular weight is 534 g/mol. The Hall–Kier alpha value is -1.32. The number of aryl methyl sites for hydroxylation is 2. The van der Waals surface area contributed by atoms with Gasteiger partial charge in [-0.25, -0.2) is 0 Å². The van der Waals surface area contributed by atoms with Gasteiger partial charge in [0.2, 0.25) is 0 Å². The Morgan fingerprint density at radius 3 is 1.68 bits per heavy atom. The summed E-state index contributed by atoms with van der Waals surface area (Å²) in [5.74, 6) is 0. The van der Waals surface area contributed by atoms with Crippen LogP contribution in [0.1, 0.15) is 33.4 Å². The van der Waals surface area contributed by atoms with Gasteiger partial charge in [-0.05, 0) is 60.4 Å². The zero-order chi connectivity index (χ0) is 21.9. The topological polar surface area (TPSA) is 20.2 Å². The van der Waals surface area contributed by atoms with E-state index < -0.39 is 30.1 Å². The van der Waals surface area contributed by atoms with Gasteiger partial charge in [0.1, 0.15) is 0 Å². The number of aliphatic hydroxyl groups is 1. The van der Waals surface area contributed by atoms with Crippen LogP contribution in [0.25, 0.3) is 6.08 Å². The molecule has 0 saturated carbocycles. The molecule has 0 aliphatic carbocycles. The first kappa shape index (κ1) is 24.7. The van der Waals surface area contributed by atoms with Crippen molar-refractivity contribution >= 4 is 37.9 Å². The van der Waals surface area contributed by atoms with Crippen molar-refractivity contribution < 1.29 is 31.4 Å². The molecule has 0 radical (unpaired) electrons. The van der Waals surface area contributed by atoms with Crippen molar-refractivity contribution in [1.82, 2.24) is 0 Å². The van der Waals surface area contributed by atoms with Crippen molar-refractivity contribution in [2.45, 2.75) is 32.8 Å². The molecule has 2 rings (SSSR count). The Morgan fingerprint density at radius 1 is 0.857 bits per heavy atom. The highest BCUT2D eigenvalue weighted by Crippen LogP contribution is 2.36. The van der Waals surface area contributed by atoms with Crippen LogP contribution in [-0.4, -0.2) is 5.11 Å². The molecule has 154 valence electrons. The van der Waals surface area contributed by atoms with Crippen LogP contribution in [0.2, 0.25) is 0 Å². The number of benzene rings is 2. The fraction of sp³-hybridized carbons (Fsp3) is 0.263. The van der Waals surface area contributed by atoms with Gasteiger partial charge in [-0.15, -0.1) is 0 Å². The molecule has 0 aromatic heterocycles. The van der Waals surface area contributed by atoms with Crippen LogP contribution in [0.5, 0.6) is 0 Å². The summed E-state index contributed by atoms with van der Waals surface area (Å²) in [7, 11) is 0. The summed E-state index contributed by atoms with van der Waals surface area (Å²) < 4.78 is 75.8. The number of hydrogen-bond donors (Lipinski definition) is 1. The van der Waals surface area contributed by atoms with Crippen molar-refractivity contribution in [2.75, 3.05) is 0 Å². The van der Waals surface area contributed by atoms with E-state index in [4.69, 9.17) is 5.11 Å². The first-order chi connectivity index (χ1) is 12.7. The van der Waals surface area contributed by atoms with Gasteiger partial charge in [-0.1, -0.05) is 44.5 Å². The van der Waals surface area contributed by atoms with Gasteiger partial charge >= 0.3 is 12.4 Å². The average Bonchev–Trinajstić information content (AvgIpc) is 2.52. The maximum Gasteiger partial charge on any atom is 0.417 e. The number of halogens is 8. The van der Waals surface area contributed by atoms with E-state index in [2.05, 4.69) is 38.4 Å². The molecule has 1 nitrogen and oxygen atoms in total. The second-order valence-electron chi connectivity index (χ2n) is 5.79. The minimum atomic E-state index is -4.42. The summed E-state index contributed by atoms with van der Waals surface area (Å²) in [5, 5.41) is 8.84. The lowest BCUT2D eigenvalue weighted by atomic mass is 10.0. The Kier molecular flexibility index (Phi) is 8.34. The van der Waals surface area contributed by atoms with Gasteiger partial charge in [-0.3, -0.25) is 0 Å². The third-order valence-corrected chi connectivity index (χ3v) is 4.68. The molecule has 0 heterocycles. The van der Waals surface area contributed by atoms with Crippen molar-refractivity contribution in [3.8, 4) is 0 Å². The summed E-state index contributed by atoms with van der Waals surface area (Å²) >= 11 is 6.02. The first-order valence-corrected chi connectivity index (χ1v) is 9.27. The van der Waals surface area contributed by atoms with Crippen LogP contribution in [0, 0.1) is 13.8 Å². The van der Waals surface area contributed by atoms with Gasteiger partial charge in [0, 0.05) is 8.95 Å². The second kappa shape index (κ2) is 9.45. The van der Waals surface area contributed by atoms with E-state index in [1.54, 1.807) is 19.1 Å². The van der Waals surface area contributed by atoms with Crippen LogP contribution in [0.15, 0.2) is 39.8 Å². The third-order valence-electron chi connectivity index (χ3n) is 3.76. The minimum absolute atomic E-state index is 0.0688. The van der Waals surface area contributed by atoms with Crippen LogP contribution >= 0.6 is 31.9 Å². The molecule has 1 N–H and O–H groups in total. The predicted octanol–water partition coefficient (Wildman–Crippen LogP) is 7.69. The normalized spacial score (nSPS) is 11.7. The minimum Gasteiger partial charge on any atom is -0.392 e. The van der Waals surface area contributed by atoms with Crippen LogP contribution in [0.4, 0.5) is 26.3 Å². The van der Waals surface area contributed by atoms with E-state index in [-0.39, 0.29) is 11.1 Å². The molecular formula is C19H16Br2F6O. The monoisotopic (exact) mass is 532 g/mol. The van der Waals surface area contributed by atoms with Crippen LogP contribution < -0.4 is 0 Å². The molecule has 0 aliphatic heterocycles. The number of rotatable bonds is 2. The largest absolute Gasteiger partial charge is 0.417 e. The van der Waals surface area contributed by atoms with Crippen molar-refractivity contribution in [3.05, 3.63) is 73.2 Å². The quantitative estimate of drug-likeness (QED) is 0.392. The molecule has 0 aliphatic rings. The number of alkyl halides is 6. The molecule has 0 fully saturated rings. The SMILES string of the molecule is C=Cc1c(C)cc(Br)cc1C(F)(F)F.Cc1cc(Br)cc(C(F)(F)F)c1CO. The lowest BCUT2D eigenvalue weighted by Crippen LogP contribution is -2.10. The van der Waals surface area contributed by atoms with E-state index in [1.807, 2.05) is 0 Å². The fourth-order valence-electron chi connectivity index (χ4n) is 2.50. The molecule has 0 amide bonds. The highest BCUT2D eigenvalue weighted by atomic mass is 79.9. The van der Waals surface area contributed by atoms with Gasteiger partial charge < -0.3 is 5.11 Å². The molecule has 0 saturated heterocycles. The highest BCUT2D eigenvalue weighted by molar-refractivity contribution is 9.10. The lowest BCUT2D eigenvalue weighted by Gasteiger charge is -2.14. The Bertz CT molecular complexity index is 857. The number of aliphatic hydroxyl groups excluding tert-OH is 1. The molecule has 2 aromatic carbocycles. The summed E-state index contributed by atoms with van der Waals surface area (Å²) in [5.41, 5.74) is -0.386. The van der Waals surface area contributed by atoms with E-state index in [1.165, 1.54) is 13.0 Å². The second-order valence-corrected chi connectivity index (χ2v) is 7.62. The highest BCUT2D eigenvalue weighted by Gasteiger charge is 2.34. The van der Waals surface area contributed by atoms with E-state index in [9.17, 15) is 26.3 Å². The molecule has 0 spiro atoms. The molecule has 2 aromatic rings. The Labute approximate surface area is 175 Å². The van der Waals surface area contributed by atoms with E-state index in [0.717, 1.165) is 12.1 Å². The molecule has 0 atom stereocenters. The smallest absolute Gasteiger partial charge is 0.392 e. The first-order valence-electron chi connectivity index (χ1n) is 7.69. The standard InChI is InChI=1S/C10H8BrF3.C9H8BrF3O/c1-3-8-6(2)4-7(11)5-9(8)10(12,13)14;1-5-2-6(10)3-8(7(5)4-14)9(11,12)13/h3-5H,1H2,2H3;2-3,14H,4H2,1H3. The Balaban J connectivity index is 0.000000280. The maximum atomic E-state index is 12.5. The zero-order valence-corrected chi connectivity index (χ0v) is 17.9. The van der Waals surface area contributed by atoms with Crippen LogP contribution in [0.3, 0.4) is 0 Å². The molecular weight excluding hydrogens is 518 g/mol. The van der Waals surface area contributed by atoms with Gasteiger partial charge in [0.25, 0.3) is 0 Å². The summed E-state index contributed by atoms with van der Waals surface area (Å²) in [6, 6.07) is 5.20. The molecule has 0 bridgehead atoms. The maximum absolute atomic E-state index is 12.5. The van der Waals surface area contributed by atoms with Crippen molar-refractivity contribution in [3.63, 3.8) is 0 Å². The summed E-state index contributed by atoms with van der Waals surface area (Å²) in [6.45, 7) is 5.93. The van der Waals surface area contributed by atoms with Gasteiger partial charge in [-0.2, -0.15) is 26.3 Å². The Morgan fingerprint density at radius 2 is 1.29 bits per heavy atom. The van der Waals surface area contributed by atoms with E-state index >= 15 is 0 Å². The summed E-state index contributed by atoms with van der Waals surface area (Å²) in [4.78, 5) is 0. The molecule has 0 unspecified atom stereocenters. The zero-order valence-electron chi connectivity index (χ0n) is 14.8. The summed E-state index contributed by atoms with van der Waals surface area (Å²) in [6.07, 6.45) is -7.53. The van der Waals surface area contributed by atoms with Crippen molar-refractivity contribution in [2.24, 2.45) is 0 Å². The lowest BCUT2D eigenvalue weighted by molar-refractivity contribution is -0.139. The van der Waals surface area contributed by atoms with Crippen molar-refractivity contribution in [1.29, 1.82) is 0 Å². The van der Waals surface area contributed by atoms with Crippen LogP contribution in [-0.2, 0) is 19.0 Å².